The maximum absolute atomic E-state index is 12.0. The molecule has 1 atom stereocenters. The molecule has 0 aromatic heterocycles. The highest BCUT2D eigenvalue weighted by Crippen LogP contribution is 2.24. The van der Waals surface area contributed by atoms with Crippen molar-refractivity contribution < 1.29 is 13.2 Å². The van der Waals surface area contributed by atoms with Gasteiger partial charge < -0.3 is 0 Å². The number of hydrogen-bond acceptors (Lipinski definition) is 3. The molecule has 1 unspecified atom stereocenters. The summed E-state index contributed by atoms with van der Waals surface area (Å²) in [6, 6.07) is 1.97. The van der Waals surface area contributed by atoms with Crippen LogP contribution in [0, 0.1) is 11.3 Å². The van der Waals surface area contributed by atoms with Crippen LogP contribution < -0.4 is 5.32 Å². The molecule has 0 heterocycles. The third-order valence-electron chi connectivity index (χ3n) is 2.40. The molecule has 0 aliphatic carbocycles. The van der Waals surface area contributed by atoms with E-state index in [1.54, 1.807) is 6.92 Å². The molecule has 0 saturated heterocycles. The monoisotopic (exact) mass is 263 g/mol. The number of nitrogens with zero attached hydrogens (tertiary/aromatic N) is 4. The third-order valence-corrected chi connectivity index (χ3v) is 2.40. The molecule has 0 amide bonds. The molecule has 0 saturated carbocycles. The molecule has 0 rings (SSSR count). The average Bonchev–Trinajstić information content (AvgIpc) is 2.27. The van der Waals surface area contributed by atoms with E-state index in [0.717, 1.165) is 0 Å². The van der Waals surface area contributed by atoms with E-state index in [0.29, 0.717) is 19.5 Å². The lowest BCUT2D eigenvalue weighted by molar-refractivity contribution is -0.136. The molecule has 0 aromatic carbocycles. The molecule has 0 radical (unpaired) electrons. The average molecular weight is 263 g/mol. The minimum Gasteiger partial charge on any atom is -0.300 e. The molecule has 0 fully saturated rings. The van der Waals surface area contributed by atoms with Crippen LogP contribution in [0.3, 0.4) is 0 Å². The van der Waals surface area contributed by atoms with Gasteiger partial charge in [0.2, 0.25) is 0 Å². The largest absolute Gasteiger partial charge is 0.389 e. The Balaban J connectivity index is 3.96. The van der Waals surface area contributed by atoms with Gasteiger partial charge in [-0.3, -0.25) is 5.32 Å². The highest BCUT2D eigenvalue weighted by Gasteiger charge is 2.29. The van der Waals surface area contributed by atoms with Gasteiger partial charge in [0, 0.05) is 17.9 Å². The van der Waals surface area contributed by atoms with Crippen LogP contribution in [0.2, 0.25) is 0 Å². The molecule has 8 heteroatoms. The van der Waals surface area contributed by atoms with Crippen molar-refractivity contribution in [2.24, 2.45) is 5.11 Å². The number of nitrogens with one attached hydrogen (secondary N) is 1. The first kappa shape index (κ1) is 16.6. The van der Waals surface area contributed by atoms with E-state index >= 15 is 0 Å². The van der Waals surface area contributed by atoms with Crippen LogP contribution in [0.4, 0.5) is 13.2 Å². The quantitative estimate of drug-likeness (QED) is 0.315. The Bertz CT molecular complexity index is 329. The van der Waals surface area contributed by atoms with Crippen LogP contribution in [0.25, 0.3) is 10.4 Å². The number of alkyl halides is 3. The molecule has 102 valence electrons. The van der Waals surface area contributed by atoms with Crippen molar-refractivity contribution in [2.45, 2.75) is 44.3 Å². The van der Waals surface area contributed by atoms with E-state index < -0.39 is 18.1 Å². The lowest BCUT2D eigenvalue weighted by Gasteiger charge is -2.23. The molecular formula is C10H16F3N5. The minimum absolute atomic E-state index is 0.0864. The Morgan fingerprint density at radius 1 is 1.33 bits per heavy atom. The topological polar surface area (TPSA) is 84.6 Å². The predicted octanol–water partition coefficient (Wildman–Crippen LogP) is 3.29. The zero-order chi connectivity index (χ0) is 14.1. The fourth-order valence-electron chi connectivity index (χ4n) is 1.38. The summed E-state index contributed by atoms with van der Waals surface area (Å²) in [6.07, 6.45) is -4.48. The van der Waals surface area contributed by atoms with E-state index in [9.17, 15) is 13.2 Å². The van der Waals surface area contributed by atoms with E-state index in [2.05, 4.69) is 15.3 Å². The number of azide groups is 1. The number of nitriles is 1. The number of rotatable bonds is 8. The van der Waals surface area contributed by atoms with E-state index in [1.165, 1.54) is 0 Å². The second-order valence-electron chi connectivity index (χ2n) is 4.15. The first-order valence-electron chi connectivity index (χ1n) is 5.57. The second kappa shape index (κ2) is 7.80. The van der Waals surface area contributed by atoms with Gasteiger partial charge in [0.05, 0.1) is 6.07 Å². The van der Waals surface area contributed by atoms with Gasteiger partial charge in [-0.25, -0.2) is 0 Å². The Labute approximate surface area is 104 Å². The third kappa shape index (κ3) is 8.67. The highest BCUT2D eigenvalue weighted by molar-refractivity contribution is 5.03. The lowest BCUT2D eigenvalue weighted by atomic mass is 9.96. The summed E-state index contributed by atoms with van der Waals surface area (Å²) in [5.41, 5.74) is 7.07. The van der Waals surface area contributed by atoms with E-state index in [4.69, 9.17) is 10.8 Å². The van der Waals surface area contributed by atoms with Crippen molar-refractivity contribution in [2.75, 3.05) is 13.1 Å². The van der Waals surface area contributed by atoms with Crippen molar-refractivity contribution in [1.29, 1.82) is 5.26 Å². The first-order chi connectivity index (χ1) is 8.33. The second-order valence-corrected chi connectivity index (χ2v) is 4.15. The van der Waals surface area contributed by atoms with E-state index in [-0.39, 0.29) is 12.8 Å². The molecule has 5 nitrogen and oxygen atoms in total. The fourth-order valence-corrected chi connectivity index (χ4v) is 1.38. The Hall–Kier alpha value is -1.45. The van der Waals surface area contributed by atoms with Gasteiger partial charge in [0.1, 0.15) is 5.54 Å². The summed E-state index contributed by atoms with van der Waals surface area (Å²) in [6.45, 7) is 2.29. The Morgan fingerprint density at radius 3 is 2.50 bits per heavy atom. The summed E-state index contributed by atoms with van der Waals surface area (Å²) in [5.74, 6) is 0. The maximum atomic E-state index is 12.0. The number of halogens is 3. The molecule has 0 aliphatic rings. The summed E-state index contributed by atoms with van der Waals surface area (Å²) in [7, 11) is 0. The SMILES string of the molecule is CC(C#N)(CCCC(F)(F)F)NCCCN=[N+]=[N-]. The van der Waals surface area contributed by atoms with Crippen LogP contribution in [0.15, 0.2) is 5.11 Å². The fraction of sp³-hybridized carbons (Fsp3) is 0.900. The standard InChI is InChI=1S/C10H16F3N5/c1-9(8-14,4-2-5-10(11,12)13)16-6-3-7-17-18-15/h16H,2-7H2,1H3. The summed E-state index contributed by atoms with van der Waals surface area (Å²) < 4.78 is 35.9. The maximum Gasteiger partial charge on any atom is 0.389 e. The van der Waals surface area contributed by atoms with Gasteiger partial charge in [-0.1, -0.05) is 5.11 Å². The summed E-state index contributed by atoms with van der Waals surface area (Å²) >= 11 is 0. The van der Waals surface area contributed by atoms with Gasteiger partial charge >= 0.3 is 6.18 Å². The van der Waals surface area contributed by atoms with Gasteiger partial charge in [0.15, 0.2) is 0 Å². The van der Waals surface area contributed by atoms with Crippen LogP contribution >= 0.6 is 0 Å². The molecule has 0 aromatic rings. The molecule has 0 spiro atoms. The van der Waals surface area contributed by atoms with Gasteiger partial charge in [-0.2, -0.15) is 18.4 Å². The zero-order valence-corrected chi connectivity index (χ0v) is 10.2. The van der Waals surface area contributed by atoms with Crippen molar-refractivity contribution in [3.05, 3.63) is 10.4 Å². The molecule has 1 N–H and O–H groups in total. The smallest absolute Gasteiger partial charge is 0.300 e. The minimum atomic E-state index is -4.18. The van der Waals surface area contributed by atoms with Crippen molar-refractivity contribution >= 4 is 0 Å². The highest BCUT2D eigenvalue weighted by atomic mass is 19.4. The van der Waals surface area contributed by atoms with Gasteiger partial charge in [-0.05, 0) is 38.3 Å². The molecule has 0 bridgehead atoms. The van der Waals surface area contributed by atoms with Crippen LogP contribution in [0.1, 0.15) is 32.6 Å². The molecular weight excluding hydrogens is 247 g/mol. The van der Waals surface area contributed by atoms with Gasteiger partial charge in [0.25, 0.3) is 0 Å². The van der Waals surface area contributed by atoms with E-state index in [1.807, 2.05) is 6.07 Å². The van der Waals surface area contributed by atoms with Gasteiger partial charge in [-0.15, -0.1) is 0 Å². The van der Waals surface area contributed by atoms with Crippen molar-refractivity contribution in [3.63, 3.8) is 0 Å². The summed E-state index contributed by atoms with van der Waals surface area (Å²) in [4.78, 5) is 2.57. The summed E-state index contributed by atoms with van der Waals surface area (Å²) in [5, 5.41) is 15.1. The molecule has 18 heavy (non-hydrogen) atoms. The van der Waals surface area contributed by atoms with Crippen molar-refractivity contribution in [1.82, 2.24) is 5.32 Å². The molecule has 0 aliphatic heterocycles. The Morgan fingerprint density at radius 2 is 2.00 bits per heavy atom. The van der Waals surface area contributed by atoms with Crippen molar-refractivity contribution in [3.8, 4) is 6.07 Å². The van der Waals surface area contributed by atoms with Crippen LogP contribution in [0.5, 0.6) is 0 Å². The number of hydrogen-bond donors (Lipinski definition) is 1. The first-order valence-corrected chi connectivity index (χ1v) is 5.57. The predicted molar refractivity (Wildman–Crippen MR) is 60.6 cm³/mol. The van der Waals surface area contributed by atoms with Crippen LogP contribution in [-0.4, -0.2) is 24.8 Å². The van der Waals surface area contributed by atoms with Crippen LogP contribution in [-0.2, 0) is 0 Å². The Kier molecular flexibility index (Phi) is 7.17. The normalized spacial score (nSPS) is 14.4. The zero-order valence-electron chi connectivity index (χ0n) is 10.2. The lowest BCUT2D eigenvalue weighted by Crippen LogP contribution is -2.41.